The fraction of sp³-hybridized carbons (Fsp3) is 0.478. The van der Waals surface area contributed by atoms with Gasteiger partial charge >= 0.3 is 0 Å². The molecule has 1 aromatic heterocycles. The molecule has 1 N–H and O–H groups in total. The van der Waals surface area contributed by atoms with Gasteiger partial charge in [-0.1, -0.05) is 36.4 Å². The van der Waals surface area contributed by atoms with Gasteiger partial charge in [-0.25, -0.2) is 4.98 Å². The number of nitrogens with one attached hydrogen (secondary N) is 1. The highest BCUT2D eigenvalue weighted by Crippen LogP contribution is 2.22. The monoisotopic (exact) mass is 393 g/mol. The highest BCUT2D eigenvalue weighted by atomic mass is 16.5. The molecule has 0 bridgehead atoms. The van der Waals surface area contributed by atoms with Crippen molar-refractivity contribution in [2.24, 2.45) is 10.9 Å². The van der Waals surface area contributed by atoms with Crippen molar-refractivity contribution >= 4 is 11.8 Å². The number of rotatable bonds is 5. The Kier molecular flexibility index (Phi) is 6.62. The van der Waals surface area contributed by atoms with Crippen LogP contribution in [0.25, 0.3) is 0 Å². The molecule has 4 rings (SSSR count). The Bertz CT molecular complexity index is 804. The molecule has 0 spiro atoms. The summed E-state index contributed by atoms with van der Waals surface area (Å²) in [4.78, 5) is 13.9. The van der Waals surface area contributed by atoms with Crippen LogP contribution in [-0.2, 0) is 17.7 Å². The number of aromatic nitrogens is 1. The van der Waals surface area contributed by atoms with E-state index < -0.39 is 0 Å². The van der Waals surface area contributed by atoms with Crippen molar-refractivity contribution in [3.8, 4) is 0 Å². The molecule has 2 aromatic rings. The van der Waals surface area contributed by atoms with Crippen LogP contribution in [0.4, 0.5) is 5.82 Å². The lowest BCUT2D eigenvalue weighted by Gasteiger charge is -2.30. The number of ether oxygens (including phenoxy) is 1. The Balaban J connectivity index is 1.34. The van der Waals surface area contributed by atoms with Crippen LogP contribution in [0.5, 0.6) is 0 Å². The highest BCUT2D eigenvalue weighted by molar-refractivity contribution is 5.80. The first-order chi connectivity index (χ1) is 14.3. The van der Waals surface area contributed by atoms with Crippen LogP contribution >= 0.6 is 0 Å². The van der Waals surface area contributed by atoms with Crippen LogP contribution in [0.15, 0.2) is 53.7 Å². The van der Waals surface area contributed by atoms with Gasteiger partial charge in [0.25, 0.3) is 0 Å². The molecule has 1 unspecified atom stereocenters. The molecule has 6 heteroatoms. The fourth-order valence-electron chi connectivity index (χ4n) is 4.27. The third kappa shape index (κ3) is 5.07. The molecule has 154 valence electrons. The van der Waals surface area contributed by atoms with Gasteiger partial charge in [-0.15, -0.1) is 0 Å². The average Bonchev–Trinajstić information content (AvgIpc) is 3.24. The third-order valence-corrected chi connectivity index (χ3v) is 5.78. The van der Waals surface area contributed by atoms with Crippen LogP contribution in [0.3, 0.4) is 0 Å². The maximum Gasteiger partial charge on any atom is 0.193 e. The number of hydrogen-bond acceptors (Lipinski definition) is 4. The zero-order valence-electron chi connectivity index (χ0n) is 17.3. The van der Waals surface area contributed by atoms with Crippen molar-refractivity contribution < 1.29 is 4.74 Å². The van der Waals surface area contributed by atoms with Crippen molar-refractivity contribution in [3.63, 3.8) is 0 Å². The lowest BCUT2D eigenvalue weighted by molar-refractivity contribution is 0.122. The fourth-order valence-corrected chi connectivity index (χ4v) is 4.27. The number of anilines is 1. The summed E-state index contributed by atoms with van der Waals surface area (Å²) in [5, 5.41) is 3.57. The second kappa shape index (κ2) is 9.74. The number of aliphatic imine (C=N–C) groups is 1. The summed E-state index contributed by atoms with van der Waals surface area (Å²) in [6.07, 6.45) is 4.22. The van der Waals surface area contributed by atoms with E-state index in [1.165, 1.54) is 17.5 Å². The van der Waals surface area contributed by atoms with Crippen molar-refractivity contribution in [2.45, 2.75) is 19.4 Å². The zero-order valence-corrected chi connectivity index (χ0v) is 17.3. The topological polar surface area (TPSA) is 53.0 Å². The molecule has 29 heavy (non-hydrogen) atoms. The predicted molar refractivity (Wildman–Crippen MR) is 117 cm³/mol. The van der Waals surface area contributed by atoms with Crippen molar-refractivity contribution in [1.29, 1.82) is 0 Å². The Labute approximate surface area is 173 Å². The molecule has 1 aromatic carbocycles. The minimum Gasteiger partial charge on any atom is -0.378 e. The maximum absolute atomic E-state index is 5.49. The van der Waals surface area contributed by atoms with E-state index >= 15 is 0 Å². The van der Waals surface area contributed by atoms with Crippen molar-refractivity contribution in [2.75, 3.05) is 51.3 Å². The molecule has 0 radical (unpaired) electrons. The first-order valence-corrected chi connectivity index (χ1v) is 10.6. The number of nitrogens with zero attached hydrogens (tertiary/aromatic N) is 4. The van der Waals surface area contributed by atoms with E-state index in [4.69, 9.17) is 4.74 Å². The second-order valence-electron chi connectivity index (χ2n) is 7.78. The molecular formula is C23H31N5O. The van der Waals surface area contributed by atoms with Crippen LogP contribution in [0.1, 0.15) is 17.5 Å². The van der Waals surface area contributed by atoms with Crippen molar-refractivity contribution in [1.82, 2.24) is 15.2 Å². The standard InChI is InChI=1S/C23H31N5O/c1-24-23(28-11-9-20(18-28)16-19-6-3-2-4-7-19)26-17-21-8-5-10-25-22(21)27-12-14-29-15-13-27/h2-8,10,20H,9,11-18H2,1H3,(H,24,26). The van der Waals surface area contributed by atoms with Crippen molar-refractivity contribution in [3.05, 3.63) is 59.8 Å². The van der Waals surface area contributed by atoms with Crippen LogP contribution in [-0.4, -0.2) is 62.3 Å². The van der Waals surface area contributed by atoms with Gasteiger partial charge in [-0.05, 0) is 30.4 Å². The largest absolute Gasteiger partial charge is 0.378 e. The predicted octanol–water partition coefficient (Wildman–Crippen LogP) is 2.56. The zero-order chi connectivity index (χ0) is 19.9. The molecule has 2 saturated heterocycles. The van der Waals surface area contributed by atoms with Gasteiger partial charge in [0.15, 0.2) is 5.96 Å². The second-order valence-corrected chi connectivity index (χ2v) is 7.78. The number of pyridine rings is 1. The molecule has 2 aliphatic rings. The van der Waals surface area contributed by atoms with Gasteiger partial charge < -0.3 is 19.9 Å². The molecule has 1 atom stereocenters. The van der Waals surface area contributed by atoms with Gasteiger partial charge in [0.2, 0.25) is 0 Å². The SMILES string of the molecule is CN=C(NCc1cccnc1N1CCOCC1)N1CCC(Cc2ccccc2)C1. The Morgan fingerprint density at radius 2 is 1.97 bits per heavy atom. The quantitative estimate of drug-likeness (QED) is 0.625. The van der Waals surface area contributed by atoms with Crippen LogP contribution in [0, 0.1) is 5.92 Å². The van der Waals surface area contributed by atoms with Gasteiger partial charge in [0.05, 0.1) is 13.2 Å². The molecule has 0 saturated carbocycles. The van der Waals surface area contributed by atoms with Crippen LogP contribution in [0.2, 0.25) is 0 Å². The van der Waals surface area contributed by atoms with E-state index in [0.717, 1.165) is 64.1 Å². The first kappa shape index (κ1) is 19.7. The van der Waals surface area contributed by atoms with E-state index in [9.17, 15) is 0 Å². The summed E-state index contributed by atoms with van der Waals surface area (Å²) in [6.45, 7) is 6.16. The maximum atomic E-state index is 5.49. The van der Waals surface area contributed by atoms with Gasteiger partial charge in [-0.3, -0.25) is 4.99 Å². The minimum atomic E-state index is 0.679. The minimum absolute atomic E-state index is 0.679. The summed E-state index contributed by atoms with van der Waals surface area (Å²) in [6, 6.07) is 15.0. The summed E-state index contributed by atoms with van der Waals surface area (Å²) in [5.41, 5.74) is 2.63. The van der Waals surface area contributed by atoms with E-state index in [1.54, 1.807) is 0 Å². The average molecular weight is 394 g/mol. The Morgan fingerprint density at radius 1 is 1.14 bits per heavy atom. The molecule has 6 nitrogen and oxygen atoms in total. The molecule has 0 aliphatic carbocycles. The number of hydrogen-bond donors (Lipinski definition) is 1. The molecular weight excluding hydrogens is 362 g/mol. The number of likely N-dealkylation sites (tertiary alicyclic amines) is 1. The molecule has 2 aliphatic heterocycles. The van der Waals surface area contributed by atoms with Gasteiger partial charge in [0.1, 0.15) is 5.82 Å². The van der Waals surface area contributed by atoms with Gasteiger partial charge in [-0.2, -0.15) is 0 Å². The van der Waals surface area contributed by atoms with E-state index in [-0.39, 0.29) is 0 Å². The summed E-state index contributed by atoms with van der Waals surface area (Å²) >= 11 is 0. The van der Waals surface area contributed by atoms with E-state index in [2.05, 4.69) is 61.5 Å². The highest BCUT2D eigenvalue weighted by Gasteiger charge is 2.25. The molecule has 0 amide bonds. The lowest BCUT2D eigenvalue weighted by Crippen LogP contribution is -2.41. The Hall–Kier alpha value is -2.60. The normalized spacial score (nSPS) is 20.2. The smallest absolute Gasteiger partial charge is 0.193 e. The summed E-state index contributed by atoms with van der Waals surface area (Å²) in [5.74, 6) is 2.72. The van der Waals surface area contributed by atoms with E-state index in [1.807, 2.05) is 19.3 Å². The summed E-state index contributed by atoms with van der Waals surface area (Å²) < 4.78 is 5.49. The number of guanidine groups is 1. The van der Waals surface area contributed by atoms with Gasteiger partial charge in [0, 0.05) is 51.5 Å². The Morgan fingerprint density at radius 3 is 2.76 bits per heavy atom. The number of morpholine rings is 1. The van der Waals surface area contributed by atoms with Crippen LogP contribution < -0.4 is 10.2 Å². The number of benzene rings is 1. The van der Waals surface area contributed by atoms with E-state index in [0.29, 0.717) is 5.92 Å². The first-order valence-electron chi connectivity index (χ1n) is 10.6. The molecule has 2 fully saturated rings. The third-order valence-electron chi connectivity index (χ3n) is 5.78. The lowest BCUT2D eigenvalue weighted by atomic mass is 9.99. The summed E-state index contributed by atoms with van der Waals surface area (Å²) in [7, 11) is 1.87. The molecule has 3 heterocycles.